The molecule has 0 aliphatic carbocycles. The first kappa shape index (κ1) is 18.3. The van der Waals surface area contributed by atoms with Crippen molar-refractivity contribution >= 4 is 12.6 Å². The Morgan fingerprint density at radius 2 is 1.70 bits per heavy atom. The van der Waals surface area contributed by atoms with Crippen LogP contribution < -0.4 is 10.2 Å². The van der Waals surface area contributed by atoms with Gasteiger partial charge >= 0.3 is 7.12 Å². The lowest BCUT2D eigenvalue weighted by Crippen LogP contribution is -2.41. The van der Waals surface area contributed by atoms with Crippen molar-refractivity contribution in [2.45, 2.75) is 72.0 Å². The lowest BCUT2D eigenvalue weighted by atomic mass is 9.75. The molecule has 1 fully saturated rings. The molecule has 5 heteroatoms. The molecule has 1 saturated heterocycles. The van der Waals surface area contributed by atoms with Crippen molar-refractivity contribution in [3.05, 3.63) is 23.5 Å². The summed E-state index contributed by atoms with van der Waals surface area (Å²) < 4.78 is 32.1. The highest BCUT2D eigenvalue weighted by Gasteiger charge is 2.52. The van der Waals surface area contributed by atoms with Gasteiger partial charge in [-0.25, -0.2) is 4.39 Å². The fourth-order valence-electron chi connectivity index (χ4n) is 2.54. The molecule has 1 aromatic carbocycles. The van der Waals surface area contributed by atoms with Gasteiger partial charge in [-0.3, -0.25) is 0 Å². The molecule has 1 heterocycles. The maximum Gasteiger partial charge on any atom is 0.495 e. The highest BCUT2D eigenvalue weighted by molar-refractivity contribution is 6.62. The van der Waals surface area contributed by atoms with Gasteiger partial charge in [0.15, 0.2) is 11.6 Å². The zero-order valence-corrected chi connectivity index (χ0v) is 15.2. The van der Waals surface area contributed by atoms with Crippen molar-refractivity contribution < 1.29 is 18.4 Å². The summed E-state index contributed by atoms with van der Waals surface area (Å²) in [5.41, 5.74) is 0.883. The maximum atomic E-state index is 14.4. The van der Waals surface area contributed by atoms with Crippen LogP contribution in [0.25, 0.3) is 0 Å². The summed E-state index contributed by atoms with van der Waals surface area (Å²) in [7, 11) is -0.547. The van der Waals surface area contributed by atoms with E-state index in [-0.39, 0.29) is 5.82 Å². The molecule has 128 valence electrons. The lowest BCUT2D eigenvalue weighted by molar-refractivity contribution is 0.00578. The van der Waals surface area contributed by atoms with Crippen LogP contribution in [0.2, 0.25) is 0 Å². The maximum absolute atomic E-state index is 14.4. The molecule has 3 nitrogen and oxygen atoms in total. The number of rotatable bonds is 6. The van der Waals surface area contributed by atoms with Gasteiger partial charge in [-0.1, -0.05) is 20.3 Å². The third kappa shape index (κ3) is 3.72. The van der Waals surface area contributed by atoms with Gasteiger partial charge in [-0.2, -0.15) is 0 Å². The number of ether oxygens (including phenoxy) is 1. The highest BCUT2D eigenvalue weighted by Crippen LogP contribution is 2.37. The van der Waals surface area contributed by atoms with Crippen molar-refractivity contribution in [2.75, 3.05) is 6.61 Å². The van der Waals surface area contributed by atoms with Crippen molar-refractivity contribution in [3.63, 3.8) is 0 Å². The van der Waals surface area contributed by atoms with Crippen LogP contribution in [0.1, 0.15) is 59.9 Å². The molecule has 0 atom stereocenters. The molecule has 23 heavy (non-hydrogen) atoms. The monoisotopic (exact) mass is 322 g/mol. The number of hydrogen-bond acceptors (Lipinski definition) is 3. The Labute approximate surface area is 139 Å². The minimum atomic E-state index is -0.547. The molecule has 0 saturated carbocycles. The van der Waals surface area contributed by atoms with E-state index in [1.807, 2.05) is 34.6 Å². The van der Waals surface area contributed by atoms with Gasteiger partial charge in [0.1, 0.15) is 0 Å². The van der Waals surface area contributed by atoms with E-state index >= 15 is 0 Å². The standard InChI is InChI=1S/C18H28BFO3/c1-7-9-10-21-16-11-13(8-2)14(12-15(16)20)19-22-17(3,4)18(5,6)23-19/h11-12H,7-10H2,1-6H3. The summed E-state index contributed by atoms with van der Waals surface area (Å²) in [6.07, 6.45) is 2.71. The summed E-state index contributed by atoms with van der Waals surface area (Å²) in [6, 6.07) is 3.29. The van der Waals surface area contributed by atoms with Crippen molar-refractivity contribution in [3.8, 4) is 5.75 Å². The van der Waals surface area contributed by atoms with E-state index in [9.17, 15) is 4.39 Å². The molecule has 1 aliphatic rings. The molecule has 1 aliphatic heterocycles. The van der Waals surface area contributed by atoms with Crippen LogP contribution >= 0.6 is 0 Å². The van der Waals surface area contributed by atoms with Crippen molar-refractivity contribution in [1.82, 2.24) is 0 Å². The SMILES string of the molecule is CCCCOc1cc(CC)c(B2OC(C)(C)C(C)(C)O2)cc1F. The zero-order valence-electron chi connectivity index (χ0n) is 15.2. The van der Waals surface area contributed by atoms with Crippen molar-refractivity contribution in [1.29, 1.82) is 0 Å². The van der Waals surface area contributed by atoms with E-state index in [0.29, 0.717) is 12.4 Å². The number of halogens is 1. The number of unbranched alkanes of at least 4 members (excludes halogenated alkanes) is 1. The predicted molar refractivity (Wildman–Crippen MR) is 91.9 cm³/mol. The van der Waals surface area contributed by atoms with E-state index in [4.69, 9.17) is 14.0 Å². The molecule has 0 aromatic heterocycles. The van der Waals surface area contributed by atoms with Gasteiger partial charge in [-0.05, 0) is 63.7 Å². The van der Waals surface area contributed by atoms with Crippen LogP contribution in [0.3, 0.4) is 0 Å². The van der Waals surface area contributed by atoms with E-state index in [2.05, 4.69) is 6.92 Å². The Balaban J connectivity index is 2.28. The van der Waals surface area contributed by atoms with Crippen LogP contribution in [0.4, 0.5) is 4.39 Å². The topological polar surface area (TPSA) is 27.7 Å². The van der Waals surface area contributed by atoms with Crippen molar-refractivity contribution in [2.24, 2.45) is 0 Å². The summed E-state index contributed by atoms with van der Waals surface area (Å²) in [5, 5.41) is 0. The number of hydrogen-bond donors (Lipinski definition) is 0. The Bertz CT molecular complexity index is 541. The molecule has 0 spiro atoms. The minimum Gasteiger partial charge on any atom is -0.491 e. The minimum absolute atomic E-state index is 0.315. The third-order valence-electron chi connectivity index (χ3n) is 4.84. The Morgan fingerprint density at radius 3 is 2.22 bits per heavy atom. The molecular formula is C18H28BFO3. The Morgan fingerprint density at radius 1 is 1.09 bits per heavy atom. The normalized spacial score (nSPS) is 19.2. The fourth-order valence-corrected chi connectivity index (χ4v) is 2.54. The van der Waals surface area contributed by atoms with E-state index in [1.54, 1.807) is 6.07 Å². The Kier molecular flexibility index (Phi) is 5.42. The first-order chi connectivity index (χ1) is 10.7. The van der Waals surface area contributed by atoms with E-state index in [0.717, 1.165) is 30.3 Å². The molecule has 1 aromatic rings. The highest BCUT2D eigenvalue weighted by atomic mass is 19.1. The van der Waals surface area contributed by atoms with Crippen LogP contribution in [-0.4, -0.2) is 24.9 Å². The average Bonchev–Trinajstić information content (AvgIpc) is 2.69. The fraction of sp³-hybridized carbons (Fsp3) is 0.667. The van der Waals surface area contributed by atoms with E-state index in [1.165, 1.54) is 6.07 Å². The summed E-state index contributed by atoms with van der Waals surface area (Å²) in [6.45, 7) is 12.6. The zero-order chi connectivity index (χ0) is 17.3. The van der Waals surface area contributed by atoms with Gasteiger partial charge in [0.25, 0.3) is 0 Å². The molecule has 0 amide bonds. The largest absolute Gasteiger partial charge is 0.495 e. The summed E-state index contributed by atoms with van der Waals surface area (Å²) in [5.74, 6) is -0.0430. The van der Waals surface area contributed by atoms with Crippen LogP contribution in [-0.2, 0) is 15.7 Å². The Hall–Kier alpha value is -1.07. The first-order valence-electron chi connectivity index (χ1n) is 8.52. The first-order valence-corrected chi connectivity index (χ1v) is 8.52. The van der Waals surface area contributed by atoms with Gasteiger partial charge in [0.05, 0.1) is 17.8 Å². The second-order valence-electron chi connectivity index (χ2n) is 7.13. The van der Waals surface area contributed by atoms with Gasteiger partial charge < -0.3 is 14.0 Å². The smallest absolute Gasteiger partial charge is 0.491 e. The third-order valence-corrected chi connectivity index (χ3v) is 4.84. The molecular weight excluding hydrogens is 294 g/mol. The van der Waals surface area contributed by atoms with Crippen LogP contribution in [0.15, 0.2) is 12.1 Å². The second-order valence-corrected chi connectivity index (χ2v) is 7.13. The molecule has 0 radical (unpaired) electrons. The van der Waals surface area contributed by atoms with Gasteiger partial charge in [0, 0.05) is 0 Å². The van der Waals surface area contributed by atoms with Gasteiger partial charge in [-0.15, -0.1) is 0 Å². The summed E-state index contributed by atoms with van der Waals surface area (Å²) >= 11 is 0. The quantitative estimate of drug-likeness (QED) is 0.588. The van der Waals surface area contributed by atoms with Crippen LogP contribution in [0, 0.1) is 5.82 Å². The average molecular weight is 322 g/mol. The van der Waals surface area contributed by atoms with E-state index < -0.39 is 18.3 Å². The number of benzene rings is 1. The molecule has 2 rings (SSSR count). The predicted octanol–water partition coefficient (Wildman–Crippen LogP) is 3.87. The summed E-state index contributed by atoms with van der Waals surface area (Å²) in [4.78, 5) is 0. The molecule has 0 unspecified atom stereocenters. The molecule has 0 N–H and O–H groups in total. The number of aryl methyl sites for hydroxylation is 1. The second kappa shape index (κ2) is 6.82. The van der Waals surface area contributed by atoms with Crippen LogP contribution in [0.5, 0.6) is 5.75 Å². The lowest BCUT2D eigenvalue weighted by Gasteiger charge is -2.32. The molecule has 0 bridgehead atoms. The van der Waals surface area contributed by atoms with Gasteiger partial charge in [0.2, 0.25) is 0 Å².